The van der Waals surface area contributed by atoms with Crippen LogP contribution in [0.5, 0.6) is 11.5 Å². The van der Waals surface area contributed by atoms with Crippen LogP contribution < -0.4 is 9.47 Å². The first-order valence-electron chi connectivity index (χ1n) is 10.2. The summed E-state index contributed by atoms with van der Waals surface area (Å²) in [7, 11) is 0. The first-order chi connectivity index (χ1) is 14.8. The van der Waals surface area contributed by atoms with Crippen molar-refractivity contribution < 1.29 is 28.6 Å². The molecule has 0 saturated carbocycles. The number of carbonyl (C=O) groups excluding carboxylic acids is 3. The first-order valence-corrected chi connectivity index (χ1v) is 11.1. The predicted octanol–water partition coefficient (Wildman–Crippen LogP) is 3.61. The fraction of sp³-hybridized carbons (Fsp3) is 0.455. The molecule has 31 heavy (non-hydrogen) atoms. The van der Waals surface area contributed by atoms with Gasteiger partial charge in [-0.3, -0.25) is 14.5 Å². The predicted molar refractivity (Wildman–Crippen MR) is 117 cm³/mol. The maximum absolute atomic E-state index is 13.2. The normalized spacial score (nSPS) is 20.4. The smallest absolute Gasteiger partial charge is 0.338 e. The minimum absolute atomic E-state index is 0.104. The number of thioether (sulfide) groups is 1. The maximum atomic E-state index is 13.2. The fourth-order valence-electron chi connectivity index (χ4n) is 3.58. The number of carbonyl (C=O) groups is 3. The van der Waals surface area contributed by atoms with Crippen LogP contribution in [0.15, 0.2) is 34.5 Å². The van der Waals surface area contributed by atoms with Crippen LogP contribution in [0.1, 0.15) is 52.6 Å². The van der Waals surface area contributed by atoms with Crippen LogP contribution in [-0.4, -0.2) is 46.4 Å². The Morgan fingerprint density at radius 1 is 1.16 bits per heavy atom. The Bertz CT molecular complexity index is 971. The molecule has 3 rings (SSSR count). The van der Waals surface area contributed by atoms with Gasteiger partial charge in [-0.25, -0.2) is 9.79 Å². The Labute approximate surface area is 185 Å². The molecular formula is C22H26N2O6S. The highest BCUT2D eigenvalue weighted by Crippen LogP contribution is 2.45. The second kappa shape index (κ2) is 9.55. The molecule has 1 amide bonds. The Kier molecular flexibility index (Phi) is 7.04. The lowest BCUT2D eigenvalue weighted by molar-refractivity contribution is -0.139. The van der Waals surface area contributed by atoms with Gasteiger partial charge in [-0.2, -0.15) is 0 Å². The molecule has 8 nitrogen and oxygen atoms in total. The van der Waals surface area contributed by atoms with Gasteiger partial charge < -0.3 is 14.2 Å². The minimum Gasteiger partial charge on any atom is -0.490 e. The van der Waals surface area contributed by atoms with E-state index in [-0.39, 0.29) is 23.5 Å². The molecule has 2 atom stereocenters. The van der Waals surface area contributed by atoms with Gasteiger partial charge in [0.1, 0.15) is 0 Å². The number of rotatable bonds is 7. The summed E-state index contributed by atoms with van der Waals surface area (Å²) < 4.78 is 16.2. The summed E-state index contributed by atoms with van der Waals surface area (Å²) in [5.41, 5.74) is 1.45. The maximum Gasteiger partial charge on any atom is 0.338 e. The van der Waals surface area contributed by atoms with E-state index in [0.717, 1.165) is 0 Å². The lowest BCUT2D eigenvalue weighted by atomic mass is 9.93. The third-order valence-corrected chi connectivity index (χ3v) is 6.17. The van der Waals surface area contributed by atoms with Crippen molar-refractivity contribution in [3.63, 3.8) is 0 Å². The lowest BCUT2D eigenvalue weighted by Gasteiger charge is -2.33. The summed E-state index contributed by atoms with van der Waals surface area (Å²) >= 11 is 1.40. The summed E-state index contributed by atoms with van der Waals surface area (Å²) in [5.74, 6) is -0.470. The van der Waals surface area contributed by atoms with Crippen LogP contribution in [0.2, 0.25) is 0 Å². The summed E-state index contributed by atoms with van der Waals surface area (Å²) in [6.45, 7) is 9.09. The van der Waals surface area contributed by atoms with Gasteiger partial charge in [0.2, 0.25) is 5.91 Å². The van der Waals surface area contributed by atoms with Crippen LogP contribution in [0, 0.1) is 0 Å². The number of amides is 1. The van der Waals surface area contributed by atoms with Gasteiger partial charge in [0.25, 0.3) is 0 Å². The van der Waals surface area contributed by atoms with Crippen LogP contribution in [0.25, 0.3) is 0 Å². The monoisotopic (exact) mass is 446 g/mol. The first kappa shape index (κ1) is 22.9. The summed E-state index contributed by atoms with van der Waals surface area (Å²) in [4.78, 5) is 43.6. The SMILES string of the molecule is CCOC(=O)C1=C(C)N=C2S[C@H](CC)C(=O)N2[C@@H]1c1ccc(OC(C)=O)c(OCC)c1. The van der Waals surface area contributed by atoms with E-state index in [4.69, 9.17) is 14.2 Å². The van der Waals surface area contributed by atoms with E-state index in [9.17, 15) is 14.4 Å². The number of hydrogen-bond acceptors (Lipinski definition) is 8. The molecule has 2 heterocycles. The quantitative estimate of drug-likeness (QED) is 0.466. The summed E-state index contributed by atoms with van der Waals surface area (Å²) in [6, 6.07) is 4.31. The van der Waals surface area contributed by atoms with Crippen molar-refractivity contribution in [2.24, 2.45) is 4.99 Å². The Morgan fingerprint density at radius 3 is 2.52 bits per heavy atom. The lowest BCUT2D eigenvalue weighted by Crippen LogP contribution is -2.40. The largest absolute Gasteiger partial charge is 0.490 e. The molecule has 0 aromatic heterocycles. The van der Waals surface area contributed by atoms with Crippen LogP contribution >= 0.6 is 11.8 Å². The fourth-order valence-corrected chi connectivity index (χ4v) is 4.71. The molecule has 0 radical (unpaired) electrons. The number of fused-ring (bicyclic) bond motifs is 1. The molecule has 2 aliphatic rings. The average Bonchev–Trinajstić information content (AvgIpc) is 3.03. The van der Waals surface area contributed by atoms with E-state index in [1.807, 2.05) is 13.8 Å². The highest BCUT2D eigenvalue weighted by molar-refractivity contribution is 8.15. The van der Waals surface area contributed by atoms with Crippen molar-refractivity contribution in [3.8, 4) is 11.5 Å². The van der Waals surface area contributed by atoms with E-state index >= 15 is 0 Å². The van der Waals surface area contributed by atoms with E-state index < -0.39 is 18.0 Å². The Morgan fingerprint density at radius 2 is 1.90 bits per heavy atom. The zero-order valence-electron chi connectivity index (χ0n) is 18.3. The molecule has 9 heteroatoms. The Balaban J connectivity index is 2.15. The number of amidine groups is 1. The zero-order chi connectivity index (χ0) is 22.7. The van der Waals surface area contributed by atoms with Crippen molar-refractivity contribution in [2.45, 2.75) is 52.3 Å². The highest BCUT2D eigenvalue weighted by Gasteiger charge is 2.47. The molecular weight excluding hydrogens is 420 g/mol. The van der Waals surface area contributed by atoms with Gasteiger partial charge in [0.05, 0.1) is 35.8 Å². The standard InChI is InChI=1S/C22H26N2O6S/c1-6-17-20(26)24-19(18(21(27)29-8-3)12(4)23-22(24)31-17)14-9-10-15(30-13(5)25)16(11-14)28-7-2/h9-11,17,19H,6-8H2,1-5H3/t17-,19-/m1/s1. The van der Waals surface area contributed by atoms with Crippen LogP contribution in [0.4, 0.5) is 0 Å². The average molecular weight is 447 g/mol. The number of benzene rings is 1. The third kappa shape index (κ3) is 4.46. The van der Waals surface area contributed by atoms with Crippen molar-refractivity contribution in [3.05, 3.63) is 35.0 Å². The topological polar surface area (TPSA) is 94.5 Å². The molecule has 0 bridgehead atoms. The number of ether oxygens (including phenoxy) is 3. The molecule has 0 spiro atoms. The number of nitrogens with zero attached hydrogens (tertiary/aromatic N) is 2. The highest BCUT2D eigenvalue weighted by atomic mass is 32.2. The number of allylic oxidation sites excluding steroid dienone is 1. The van der Waals surface area contributed by atoms with Gasteiger partial charge in [-0.1, -0.05) is 24.8 Å². The van der Waals surface area contributed by atoms with Crippen molar-refractivity contribution in [1.29, 1.82) is 0 Å². The molecule has 2 aliphatic heterocycles. The molecule has 0 aliphatic carbocycles. The molecule has 0 unspecified atom stereocenters. The van der Waals surface area contributed by atoms with E-state index in [1.54, 1.807) is 36.9 Å². The summed E-state index contributed by atoms with van der Waals surface area (Å²) in [6.07, 6.45) is 0.648. The van der Waals surface area contributed by atoms with Crippen LogP contribution in [0.3, 0.4) is 0 Å². The van der Waals surface area contributed by atoms with E-state index in [1.165, 1.54) is 18.7 Å². The van der Waals surface area contributed by atoms with Crippen molar-refractivity contribution >= 4 is 34.8 Å². The summed E-state index contributed by atoms with van der Waals surface area (Å²) in [5, 5.41) is 0.302. The van der Waals surface area contributed by atoms with Crippen molar-refractivity contribution in [1.82, 2.24) is 4.90 Å². The van der Waals surface area contributed by atoms with Gasteiger partial charge in [0, 0.05) is 6.92 Å². The molecule has 1 saturated heterocycles. The van der Waals surface area contributed by atoms with E-state index in [2.05, 4.69) is 4.99 Å². The molecule has 1 aromatic rings. The second-order valence-corrected chi connectivity index (χ2v) is 8.14. The second-order valence-electron chi connectivity index (χ2n) is 6.97. The minimum atomic E-state index is -0.714. The molecule has 166 valence electrons. The number of esters is 2. The number of hydrogen-bond donors (Lipinski definition) is 0. The molecule has 1 fully saturated rings. The zero-order valence-corrected chi connectivity index (χ0v) is 19.1. The Hall–Kier alpha value is -2.81. The van der Waals surface area contributed by atoms with Gasteiger partial charge in [0.15, 0.2) is 16.7 Å². The molecule has 0 N–H and O–H groups in total. The van der Waals surface area contributed by atoms with Gasteiger partial charge >= 0.3 is 11.9 Å². The van der Waals surface area contributed by atoms with Gasteiger partial charge in [-0.15, -0.1) is 0 Å². The van der Waals surface area contributed by atoms with Crippen molar-refractivity contribution in [2.75, 3.05) is 13.2 Å². The molecule has 1 aromatic carbocycles. The van der Waals surface area contributed by atoms with Crippen LogP contribution in [-0.2, 0) is 19.1 Å². The van der Waals surface area contributed by atoms with Gasteiger partial charge in [-0.05, 0) is 44.9 Å². The van der Waals surface area contributed by atoms with E-state index in [0.29, 0.717) is 40.8 Å². The third-order valence-electron chi connectivity index (χ3n) is 4.85. The number of aliphatic imine (C=N–C) groups is 1.